The van der Waals surface area contributed by atoms with Crippen LogP contribution in [0.4, 0.5) is 11.4 Å². The monoisotopic (exact) mass is 954 g/mol. The molecular formula is C46H62N6O8S4. The normalized spacial score (nSPS) is 24.3. The maximum atomic E-state index is 13.2. The smallest absolute Gasteiger partial charge is 0.252 e. The van der Waals surface area contributed by atoms with Gasteiger partial charge in [-0.25, -0.2) is 16.8 Å². The molecule has 2 aromatic heterocycles. The lowest BCUT2D eigenvalue weighted by atomic mass is 9.78. The molecular weight excluding hydrogens is 893 g/mol. The molecule has 0 unspecified atom stereocenters. The Morgan fingerprint density at radius 3 is 1.22 bits per heavy atom. The minimum Gasteiger partial charge on any atom is -0.386 e. The topological polar surface area (TPSA) is 147 Å². The second-order valence-electron chi connectivity index (χ2n) is 19.8. The van der Waals surface area contributed by atoms with Gasteiger partial charge in [-0.2, -0.15) is 8.61 Å². The summed E-state index contributed by atoms with van der Waals surface area (Å²) in [5.74, 6) is 0. The minimum absolute atomic E-state index is 0.0600. The second-order valence-corrected chi connectivity index (χ2v) is 26.0. The van der Waals surface area contributed by atoms with E-state index in [2.05, 4.69) is 19.6 Å². The van der Waals surface area contributed by atoms with E-state index in [1.165, 1.54) is 22.7 Å². The van der Waals surface area contributed by atoms with Crippen molar-refractivity contribution >= 4 is 54.1 Å². The Labute approximate surface area is 386 Å². The molecule has 8 heterocycles. The van der Waals surface area contributed by atoms with E-state index in [9.17, 15) is 27.0 Å². The van der Waals surface area contributed by atoms with E-state index >= 15 is 0 Å². The predicted molar refractivity (Wildman–Crippen MR) is 251 cm³/mol. The highest BCUT2D eigenvalue weighted by Crippen LogP contribution is 2.40. The SMILES string of the molecule is CC(C)(O)c1ccc(N2CCN(S(=O)(=O)c3cccs3)C[C@@H]2CN2CC3(COC3)C2)cc1.CC(C)(O)c1ccc(N2CCN(S(=O)(=O)c3cccs3)C[C@@H]2CN2CC3(COC3)C2)cc1. The van der Waals surface area contributed by atoms with Crippen molar-refractivity contribution in [1.29, 1.82) is 0 Å². The molecule has 0 saturated carbocycles. The number of thiophene rings is 2. The fourth-order valence-electron chi connectivity index (χ4n) is 10.1. The largest absolute Gasteiger partial charge is 0.386 e. The van der Waals surface area contributed by atoms with Crippen molar-refractivity contribution in [3.63, 3.8) is 0 Å². The molecule has 0 radical (unpaired) electrons. The Morgan fingerprint density at radius 2 is 0.938 bits per heavy atom. The van der Waals surface area contributed by atoms with Crippen LogP contribution in [0.1, 0.15) is 38.8 Å². The molecule has 6 aliphatic rings. The average Bonchev–Trinajstić information content (AvgIpc) is 3.96. The van der Waals surface area contributed by atoms with Gasteiger partial charge in [0.1, 0.15) is 8.42 Å². The maximum Gasteiger partial charge on any atom is 0.252 e. The van der Waals surface area contributed by atoms with Gasteiger partial charge < -0.3 is 29.5 Å². The zero-order chi connectivity index (χ0) is 45.1. The summed E-state index contributed by atoms with van der Waals surface area (Å²) in [6.45, 7) is 19.4. The summed E-state index contributed by atoms with van der Waals surface area (Å²) in [7, 11) is -6.94. The van der Waals surface area contributed by atoms with Crippen molar-refractivity contribution in [2.75, 3.05) is 115 Å². The van der Waals surface area contributed by atoms with Crippen molar-refractivity contribution in [3.05, 3.63) is 94.7 Å². The summed E-state index contributed by atoms with van der Waals surface area (Å²) in [6, 6.07) is 23.1. The van der Waals surface area contributed by atoms with Crippen LogP contribution in [0.25, 0.3) is 0 Å². The highest BCUT2D eigenvalue weighted by atomic mass is 32.3. The summed E-state index contributed by atoms with van der Waals surface area (Å²) < 4.78 is 67.6. The minimum atomic E-state index is -3.47. The number of ether oxygens (including phenoxy) is 2. The van der Waals surface area contributed by atoms with Gasteiger partial charge in [-0.3, -0.25) is 9.80 Å². The molecule has 2 aromatic carbocycles. The van der Waals surface area contributed by atoms with Gasteiger partial charge in [0.15, 0.2) is 0 Å². The summed E-state index contributed by atoms with van der Waals surface area (Å²) in [5, 5.41) is 24.2. The van der Waals surface area contributed by atoms with Crippen LogP contribution in [0.2, 0.25) is 0 Å². The number of rotatable bonds is 12. The summed E-state index contributed by atoms with van der Waals surface area (Å²) >= 11 is 2.55. The molecule has 6 saturated heterocycles. The Hall–Kier alpha value is -2.98. The van der Waals surface area contributed by atoms with Crippen molar-refractivity contribution < 1.29 is 36.5 Å². The van der Waals surface area contributed by atoms with E-state index in [1.807, 2.05) is 59.3 Å². The van der Waals surface area contributed by atoms with Gasteiger partial charge >= 0.3 is 0 Å². The van der Waals surface area contributed by atoms with Crippen molar-refractivity contribution in [2.24, 2.45) is 10.8 Å². The Bertz CT molecular complexity index is 2240. The van der Waals surface area contributed by atoms with Gasteiger partial charge in [-0.1, -0.05) is 36.4 Å². The Balaban J connectivity index is 0.000000162. The summed E-state index contributed by atoms with van der Waals surface area (Å²) in [4.78, 5) is 9.51. The lowest BCUT2D eigenvalue weighted by Gasteiger charge is -2.56. The summed E-state index contributed by atoms with van der Waals surface area (Å²) in [5.41, 5.74) is 2.76. The van der Waals surface area contributed by atoms with Crippen LogP contribution >= 0.6 is 22.7 Å². The number of nitrogens with zero attached hydrogens (tertiary/aromatic N) is 6. The lowest BCUT2D eigenvalue weighted by Crippen LogP contribution is -2.69. The van der Waals surface area contributed by atoms with Crippen molar-refractivity contribution in [3.8, 4) is 0 Å². The van der Waals surface area contributed by atoms with Crippen LogP contribution < -0.4 is 9.80 Å². The maximum absolute atomic E-state index is 13.2. The highest BCUT2D eigenvalue weighted by Gasteiger charge is 2.51. The van der Waals surface area contributed by atoms with Crippen LogP contribution in [-0.4, -0.2) is 163 Å². The number of likely N-dealkylation sites (tertiary alicyclic amines) is 2. The number of anilines is 2. The fraction of sp³-hybridized carbons (Fsp3) is 0.565. The molecule has 0 bridgehead atoms. The Morgan fingerprint density at radius 1 is 0.578 bits per heavy atom. The van der Waals surface area contributed by atoms with Crippen LogP contribution in [0.5, 0.6) is 0 Å². The Kier molecular flexibility index (Phi) is 12.7. The van der Waals surface area contributed by atoms with Crippen molar-refractivity contribution in [2.45, 2.75) is 59.4 Å². The van der Waals surface area contributed by atoms with Gasteiger partial charge in [-0.05, 0) is 86.0 Å². The molecule has 14 nitrogen and oxygen atoms in total. The predicted octanol–water partition coefficient (Wildman–Crippen LogP) is 4.37. The zero-order valence-corrected chi connectivity index (χ0v) is 40.5. The summed E-state index contributed by atoms with van der Waals surface area (Å²) in [6.07, 6.45) is 0. The second kappa shape index (κ2) is 17.6. The molecule has 6 fully saturated rings. The molecule has 0 aliphatic carbocycles. The highest BCUT2D eigenvalue weighted by molar-refractivity contribution is 7.91. The van der Waals surface area contributed by atoms with Gasteiger partial charge in [0.2, 0.25) is 0 Å². The number of sulfonamides is 2. The van der Waals surface area contributed by atoms with E-state index in [0.717, 1.165) is 88.2 Å². The first-order chi connectivity index (χ1) is 30.3. The molecule has 0 amide bonds. The number of benzene rings is 2. The zero-order valence-electron chi connectivity index (χ0n) is 37.2. The number of hydrogen-bond acceptors (Lipinski definition) is 14. The average molecular weight is 955 g/mol. The van der Waals surface area contributed by atoms with Crippen LogP contribution in [0.15, 0.2) is 92.0 Å². The van der Waals surface area contributed by atoms with E-state index in [-0.39, 0.29) is 12.1 Å². The van der Waals surface area contributed by atoms with Gasteiger partial charge in [-0.15, -0.1) is 22.7 Å². The van der Waals surface area contributed by atoms with Crippen LogP contribution in [0.3, 0.4) is 0 Å². The lowest BCUT2D eigenvalue weighted by molar-refractivity contribution is -0.189. The van der Waals surface area contributed by atoms with E-state index < -0.39 is 31.2 Å². The van der Waals surface area contributed by atoms with Crippen LogP contribution in [-0.2, 0) is 40.7 Å². The third kappa shape index (κ3) is 9.45. The van der Waals surface area contributed by atoms with Gasteiger partial charge in [0.25, 0.3) is 20.0 Å². The molecule has 6 aliphatic heterocycles. The van der Waals surface area contributed by atoms with E-state index in [4.69, 9.17) is 9.47 Å². The molecule has 10 rings (SSSR count). The molecule has 348 valence electrons. The van der Waals surface area contributed by atoms with Gasteiger partial charge in [0, 0.05) is 101 Å². The number of aliphatic hydroxyl groups is 2. The molecule has 2 atom stereocenters. The fourth-order valence-corrected chi connectivity index (χ4v) is 15.3. The third-order valence-electron chi connectivity index (χ3n) is 13.7. The third-order valence-corrected chi connectivity index (χ3v) is 20.2. The van der Waals surface area contributed by atoms with Gasteiger partial charge in [0.05, 0.1) is 49.7 Å². The quantitative estimate of drug-likeness (QED) is 0.208. The molecule has 18 heteroatoms. The first-order valence-corrected chi connectivity index (χ1v) is 26.8. The van der Waals surface area contributed by atoms with E-state index in [1.54, 1.807) is 60.6 Å². The molecule has 2 spiro atoms. The first-order valence-electron chi connectivity index (χ1n) is 22.2. The molecule has 4 aromatic rings. The molecule has 2 N–H and O–H groups in total. The molecule has 64 heavy (non-hydrogen) atoms. The first kappa shape index (κ1) is 46.1. The standard InChI is InChI=1S/2C23H31N3O4S2/c2*1-22(2,27)18-5-7-19(8-6-18)26-10-9-25(32(28,29)21-4-3-11-31-21)13-20(26)12-24-14-23(15-24)16-30-17-23/h2*3-8,11,20,27H,9-10,12-17H2,1-2H3/t2*20-/m00/s1. The number of piperazine rings is 2. The van der Waals surface area contributed by atoms with Crippen molar-refractivity contribution in [1.82, 2.24) is 18.4 Å². The van der Waals surface area contributed by atoms with E-state index in [0.29, 0.717) is 58.5 Å². The van der Waals surface area contributed by atoms with Crippen LogP contribution in [0, 0.1) is 10.8 Å². The number of hydrogen-bond donors (Lipinski definition) is 2.